The van der Waals surface area contributed by atoms with Gasteiger partial charge in [0, 0.05) is 23.7 Å². The Morgan fingerprint density at radius 3 is 2.67 bits per heavy atom. The summed E-state index contributed by atoms with van der Waals surface area (Å²) in [6, 6.07) is 11.1. The van der Waals surface area contributed by atoms with E-state index in [1.165, 1.54) is 5.56 Å². The molecule has 4 atom stereocenters. The molecule has 2 aromatic rings. The van der Waals surface area contributed by atoms with Crippen LogP contribution in [0.1, 0.15) is 73.4 Å². The van der Waals surface area contributed by atoms with E-state index in [0.717, 1.165) is 62.9 Å². The third-order valence-corrected chi connectivity index (χ3v) is 10.4. The zero-order valence-electron chi connectivity index (χ0n) is 22.6. The number of hydrogen-bond donors (Lipinski definition) is 2. The third-order valence-electron chi connectivity index (χ3n) is 8.61. The quantitative estimate of drug-likeness (QED) is 0.442. The van der Waals surface area contributed by atoms with Crippen molar-refractivity contribution in [2.75, 3.05) is 23.7 Å². The first-order valence-electron chi connectivity index (χ1n) is 14.2. The summed E-state index contributed by atoms with van der Waals surface area (Å²) in [5.41, 5.74) is 3.34. The highest BCUT2D eigenvalue weighted by atomic mass is 35.5. The molecule has 3 aliphatic rings. The molecule has 2 N–H and O–H groups in total. The number of aliphatic hydroxyl groups is 1. The molecule has 5 rings (SSSR count). The monoisotopic (exact) mass is 574 g/mol. The number of carbonyl (C=O) groups is 1. The second kappa shape index (κ2) is 12.1. The number of aryl methyl sites for hydroxylation is 1. The molecule has 9 heteroatoms. The van der Waals surface area contributed by atoms with E-state index in [4.69, 9.17) is 16.3 Å². The summed E-state index contributed by atoms with van der Waals surface area (Å²) in [7, 11) is -3.80. The summed E-state index contributed by atoms with van der Waals surface area (Å²) in [4.78, 5) is 15.4. The molecular formula is C30H39ClN2O5S. The van der Waals surface area contributed by atoms with Crippen molar-refractivity contribution in [2.24, 2.45) is 17.8 Å². The van der Waals surface area contributed by atoms with E-state index < -0.39 is 15.9 Å². The Balaban J connectivity index is 1.51. The summed E-state index contributed by atoms with van der Waals surface area (Å²) in [6.07, 6.45) is 6.63. The van der Waals surface area contributed by atoms with E-state index in [-0.39, 0.29) is 29.3 Å². The number of halogens is 1. The molecule has 2 aromatic carbocycles. The average Bonchev–Trinajstić information content (AvgIpc) is 2.88. The fourth-order valence-corrected chi connectivity index (χ4v) is 7.87. The zero-order chi connectivity index (χ0) is 27.6. The first kappa shape index (κ1) is 28.2. The molecule has 0 unspecified atom stereocenters. The van der Waals surface area contributed by atoms with Gasteiger partial charge >= 0.3 is 0 Å². The van der Waals surface area contributed by atoms with Gasteiger partial charge in [-0.05, 0) is 104 Å². The van der Waals surface area contributed by atoms with Crippen molar-refractivity contribution in [1.29, 1.82) is 0 Å². The van der Waals surface area contributed by atoms with Crippen molar-refractivity contribution in [3.05, 3.63) is 58.1 Å². The molecule has 0 radical (unpaired) electrons. The molecule has 1 amide bonds. The second-order valence-corrected chi connectivity index (χ2v) is 13.8. The van der Waals surface area contributed by atoms with Gasteiger partial charge in [0.25, 0.3) is 5.91 Å². The molecule has 1 aliphatic carbocycles. The number of fused-ring (bicyclic) bond motifs is 3. The molecule has 2 heterocycles. The van der Waals surface area contributed by atoms with Crippen molar-refractivity contribution in [1.82, 2.24) is 4.72 Å². The number of nitrogens with one attached hydrogen (secondary N) is 1. The van der Waals surface area contributed by atoms with Gasteiger partial charge in [0.2, 0.25) is 10.0 Å². The Bertz CT molecular complexity index is 1300. The van der Waals surface area contributed by atoms with Crippen LogP contribution in [0, 0.1) is 17.8 Å². The summed E-state index contributed by atoms with van der Waals surface area (Å²) in [5, 5.41) is 11.7. The molecule has 212 valence electrons. The fraction of sp³-hybridized carbons (Fsp3) is 0.567. The van der Waals surface area contributed by atoms with Crippen LogP contribution in [0.5, 0.6) is 5.75 Å². The van der Waals surface area contributed by atoms with Gasteiger partial charge in [-0.1, -0.05) is 31.0 Å². The number of carbonyl (C=O) groups excluding carboxylic acids is 1. The molecule has 0 aromatic heterocycles. The molecule has 2 bridgehead atoms. The van der Waals surface area contributed by atoms with Gasteiger partial charge in [0.15, 0.2) is 0 Å². The summed E-state index contributed by atoms with van der Waals surface area (Å²) in [5.74, 6) is 0.396. The second-order valence-electron chi connectivity index (χ2n) is 11.6. The minimum atomic E-state index is -3.80. The number of aliphatic hydroxyl groups excluding tert-OH is 1. The van der Waals surface area contributed by atoms with E-state index >= 15 is 0 Å². The summed E-state index contributed by atoms with van der Waals surface area (Å²) >= 11 is 6.29. The first-order chi connectivity index (χ1) is 18.7. The number of ether oxygens (including phenoxy) is 1. The third kappa shape index (κ3) is 6.90. The van der Waals surface area contributed by atoms with E-state index in [0.29, 0.717) is 36.1 Å². The van der Waals surface area contributed by atoms with E-state index in [9.17, 15) is 18.3 Å². The molecule has 39 heavy (non-hydrogen) atoms. The number of rotatable bonds is 0. The maximum atomic E-state index is 13.1. The lowest BCUT2D eigenvalue weighted by molar-refractivity contribution is 0.00898. The van der Waals surface area contributed by atoms with Crippen molar-refractivity contribution in [3.8, 4) is 5.75 Å². The van der Waals surface area contributed by atoms with Crippen molar-refractivity contribution in [3.63, 3.8) is 0 Å². The molecule has 1 fully saturated rings. The number of anilines is 1. The van der Waals surface area contributed by atoms with Crippen LogP contribution in [-0.2, 0) is 23.1 Å². The summed E-state index contributed by atoms with van der Waals surface area (Å²) in [6.45, 7) is 3.78. The van der Waals surface area contributed by atoms with Gasteiger partial charge in [0.1, 0.15) is 12.4 Å². The van der Waals surface area contributed by atoms with Crippen LogP contribution in [0.2, 0.25) is 5.02 Å². The lowest BCUT2D eigenvalue weighted by Gasteiger charge is -2.43. The van der Waals surface area contributed by atoms with Gasteiger partial charge in [-0.2, -0.15) is 0 Å². The highest BCUT2D eigenvalue weighted by Gasteiger charge is 2.37. The molecule has 0 saturated heterocycles. The summed E-state index contributed by atoms with van der Waals surface area (Å²) < 4.78 is 34.2. The lowest BCUT2D eigenvalue weighted by atomic mass is 9.69. The predicted octanol–water partition coefficient (Wildman–Crippen LogP) is 5.33. The van der Waals surface area contributed by atoms with Gasteiger partial charge in [-0.25, -0.2) is 13.1 Å². The normalized spacial score (nSPS) is 28.0. The highest BCUT2D eigenvalue weighted by molar-refractivity contribution is 7.90. The SMILES string of the molecule is C[C@H]1CCC[C@H](O)[C@@H]2CC[C@H]2CN2CCCCc3cc(Cl)ccc3COc3ccc(cc32)C(=O)NS(=O)(=O)C1. The molecule has 1 saturated carbocycles. The van der Waals surface area contributed by atoms with E-state index in [1.807, 2.05) is 25.1 Å². The van der Waals surface area contributed by atoms with Gasteiger partial charge < -0.3 is 14.7 Å². The van der Waals surface area contributed by atoms with Crippen LogP contribution in [0.3, 0.4) is 0 Å². The number of amides is 1. The Morgan fingerprint density at radius 2 is 1.87 bits per heavy atom. The van der Waals surface area contributed by atoms with E-state index in [1.54, 1.807) is 18.2 Å². The number of benzene rings is 2. The van der Waals surface area contributed by atoms with Crippen LogP contribution < -0.4 is 14.4 Å². The minimum absolute atomic E-state index is 0.110. The van der Waals surface area contributed by atoms with Gasteiger partial charge in [0.05, 0.1) is 17.5 Å². The smallest absolute Gasteiger partial charge is 0.264 e. The Labute approximate surface area is 236 Å². The topological polar surface area (TPSA) is 95.9 Å². The number of nitrogens with zero attached hydrogens (tertiary/aromatic N) is 1. The first-order valence-corrected chi connectivity index (χ1v) is 16.2. The standard InChI is InChI=1S/C30H39ClN2O5S/c1-20-5-4-7-28(34)26-12-9-23(26)17-33-14-3-2-6-21-15-25(31)11-8-24(21)18-38-29-13-10-22(16-27(29)33)30(35)32-39(36,37)19-20/h8,10-11,13,15-16,20,23,26,28,34H,2-7,9,12,14,17-19H2,1H3,(H,32,35)/t20-,23-,26+,28-/m0/s1. The van der Waals surface area contributed by atoms with Crippen molar-refractivity contribution >= 4 is 33.2 Å². The van der Waals surface area contributed by atoms with Crippen LogP contribution in [-0.4, -0.2) is 44.4 Å². The fourth-order valence-electron chi connectivity index (χ4n) is 6.28. The largest absolute Gasteiger partial charge is 0.487 e. The molecule has 7 nitrogen and oxygen atoms in total. The zero-order valence-corrected chi connectivity index (χ0v) is 24.1. The van der Waals surface area contributed by atoms with Crippen LogP contribution in [0.25, 0.3) is 0 Å². The Kier molecular flexibility index (Phi) is 8.74. The van der Waals surface area contributed by atoms with Gasteiger partial charge in [-0.3, -0.25) is 4.79 Å². The van der Waals surface area contributed by atoms with Crippen LogP contribution >= 0.6 is 11.6 Å². The Hall–Kier alpha value is -2.29. The average molecular weight is 575 g/mol. The molecule has 2 aliphatic heterocycles. The van der Waals surface area contributed by atoms with Crippen LogP contribution in [0.4, 0.5) is 5.69 Å². The molecule has 0 spiro atoms. The van der Waals surface area contributed by atoms with E-state index in [2.05, 4.69) is 9.62 Å². The van der Waals surface area contributed by atoms with Crippen LogP contribution in [0.15, 0.2) is 36.4 Å². The minimum Gasteiger partial charge on any atom is -0.487 e. The lowest BCUT2D eigenvalue weighted by Crippen LogP contribution is -2.44. The number of sulfonamides is 1. The predicted molar refractivity (Wildman–Crippen MR) is 154 cm³/mol. The number of hydrogen-bond acceptors (Lipinski definition) is 6. The molecular weight excluding hydrogens is 536 g/mol. The van der Waals surface area contributed by atoms with Gasteiger partial charge in [-0.15, -0.1) is 0 Å². The Morgan fingerprint density at radius 1 is 1.03 bits per heavy atom. The van der Waals surface area contributed by atoms with Crippen molar-refractivity contribution in [2.45, 2.75) is 71.0 Å². The maximum absolute atomic E-state index is 13.1. The van der Waals surface area contributed by atoms with Crippen molar-refractivity contribution < 1.29 is 23.1 Å². The highest BCUT2D eigenvalue weighted by Crippen LogP contribution is 2.41. The maximum Gasteiger partial charge on any atom is 0.264 e.